The molecule has 0 aromatic rings. The van der Waals surface area contributed by atoms with Gasteiger partial charge < -0.3 is 16.4 Å². The number of nitrogens with one attached hydrogen (secondary N) is 2. The number of piperidine rings is 1. The molecule has 19 heavy (non-hydrogen) atoms. The molecule has 2 fully saturated rings. The van der Waals surface area contributed by atoms with Crippen LogP contribution in [0.5, 0.6) is 0 Å². The molecule has 6 nitrogen and oxygen atoms in total. The van der Waals surface area contributed by atoms with Crippen LogP contribution in [-0.2, 0) is 9.59 Å². The lowest BCUT2D eigenvalue weighted by molar-refractivity contribution is -0.123. The summed E-state index contributed by atoms with van der Waals surface area (Å²) < 4.78 is 0. The largest absolute Gasteiger partial charge is 0.354 e. The molecule has 2 aliphatic rings. The lowest BCUT2D eigenvalue weighted by atomic mass is 10.1. The lowest BCUT2D eigenvalue weighted by Gasteiger charge is -2.29. The zero-order valence-corrected chi connectivity index (χ0v) is 11.4. The van der Waals surface area contributed by atoms with Gasteiger partial charge in [0, 0.05) is 38.1 Å². The minimum atomic E-state index is -0.00491. The maximum absolute atomic E-state index is 11.7. The van der Waals surface area contributed by atoms with Crippen molar-refractivity contribution in [1.82, 2.24) is 15.5 Å². The molecular formula is C13H24N4O2. The first-order valence-corrected chi connectivity index (χ1v) is 7.17. The van der Waals surface area contributed by atoms with E-state index in [1.807, 2.05) is 0 Å². The molecule has 0 bridgehead atoms. The van der Waals surface area contributed by atoms with Gasteiger partial charge in [-0.25, -0.2) is 0 Å². The third-order valence-corrected chi connectivity index (χ3v) is 3.62. The molecule has 108 valence electrons. The van der Waals surface area contributed by atoms with Crippen LogP contribution in [0.1, 0.15) is 32.1 Å². The molecule has 0 aromatic heterocycles. The quantitative estimate of drug-likeness (QED) is 0.588. The van der Waals surface area contributed by atoms with E-state index in [2.05, 4.69) is 15.5 Å². The van der Waals surface area contributed by atoms with Crippen molar-refractivity contribution in [2.24, 2.45) is 5.73 Å². The van der Waals surface area contributed by atoms with Gasteiger partial charge in [0.15, 0.2) is 0 Å². The molecule has 4 N–H and O–H groups in total. The van der Waals surface area contributed by atoms with Gasteiger partial charge in [-0.2, -0.15) is 0 Å². The molecule has 1 heterocycles. The standard InChI is InChI=1S/C13H24N4O2/c14-10-4-7-17(8-5-10)9-13(19)15-6-3-12(18)16-11-1-2-11/h10-11H,1-9,14H2,(H,15,19)(H,16,18). The van der Waals surface area contributed by atoms with Crippen molar-refractivity contribution in [1.29, 1.82) is 0 Å². The van der Waals surface area contributed by atoms with Crippen molar-refractivity contribution in [3.8, 4) is 0 Å². The smallest absolute Gasteiger partial charge is 0.234 e. The van der Waals surface area contributed by atoms with Crippen molar-refractivity contribution < 1.29 is 9.59 Å². The molecule has 2 amide bonds. The average Bonchev–Trinajstić information content (AvgIpc) is 3.16. The molecule has 0 atom stereocenters. The Kier molecular flexibility index (Phi) is 5.15. The predicted octanol–water partition coefficient (Wildman–Crippen LogP) is -0.806. The molecule has 0 aromatic carbocycles. The molecule has 0 spiro atoms. The van der Waals surface area contributed by atoms with Gasteiger partial charge in [-0.15, -0.1) is 0 Å². The molecule has 1 aliphatic heterocycles. The Bertz CT molecular complexity index is 323. The summed E-state index contributed by atoms with van der Waals surface area (Å²) in [6.07, 6.45) is 4.46. The van der Waals surface area contributed by atoms with Gasteiger partial charge in [0.2, 0.25) is 11.8 Å². The SMILES string of the molecule is NC1CCN(CC(=O)NCCC(=O)NC2CC2)CC1. The van der Waals surface area contributed by atoms with E-state index in [0.29, 0.717) is 25.6 Å². The van der Waals surface area contributed by atoms with Crippen LogP contribution in [0.3, 0.4) is 0 Å². The third-order valence-electron chi connectivity index (χ3n) is 3.62. The van der Waals surface area contributed by atoms with Crippen LogP contribution in [0.2, 0.25) is 0 Å². The zero-order valence-electron chi connectivity index (χ0n) is 11.4. The highest BCUT2D eigenvalue weighted by Crippen LogP contribution is 2.18. The molecule has 6 heteroatoms. The highest BCUT2D eigenvalue weighted by molar-refractivity contribution is 5.80. The fraction of sp³-hybridized carbons (Fsp3) is 0.846. The highest BCUT2D eigenvalue weighted by atomic mass is 16.2. The summed E-state index contributed by atoms with van der Waals surface area (Å²) in [5.74, 6) is 0.0291. The Labute approximate surface area is 114 Å². The molecule has 1 saturated heterocycles. The first kappa shape index (κ1) is 14.3. The molecular weight excluding hydrogens is 244 g/mol. The van der Waals surface area contributed by atoms with E-state index in [1.165, 1.54) is 0 Å². The Balaban J connectivity index is 1.52. The molecule has 1 aliphatic carbocycles. The second-order valence-corrected chi connectivity index (χ2v) is 5.56. The third kappa shape index (κ3) is 5.57. The van der Waals surface area contributed by atoms with Crippen LogP contribution in [0.4, 0.5) is 0 Å². The van der Waals surface area contributed by atoms with Gasteiger partial charge >= 0.3 is 0 Å². The zero-order chi connectivity index (χ0) is 13.7. The van der Waals surface area contributed by atoms with Gasteiger partial charge in [-0.3, -0.25) is 14.5 Å². The summed E-state index contributed by atoms with van der Waals surface area (Å²) in [6.45, 7) is 2.61. The van der Waals surface area contributed by atoms with Gasteiger partial charge in [-0.1, -0.05) is 0 Å². The number of carbonyl (C=O) groups is 2. The van der Waals surface area contributed by atoms with Gasteiger partial charge in [0.25, 0.3) is 0 Å². The first-order valence-electron chi connectivity index (χ1n) is 7.17. The van der Waals surface area contributed by atoms with Crippen LogP contribution in [0.15, 0.2) is 0 Å². The van der Waals surface area contributed by atoms with E-state index < -0.39 is 0 Å². The van der Waals surface area contributed by atoms with Crippen molar-refractivity contribution in [3.05, 3.63) is 0 Å². The number of carbonyl (C=O) groups excluding carboxylic acids is 2. The Morgan fingerprint density at radius 2 is 1.79 bits per heavy atom. The van der Waals surface area contributed by atoms with Gasteiger partial charge in [0.1, 0.15) is 0 Å². The Morgan fingerprint density at radius 3 is 2.42 bits per heavy atom. The molecule has 0 unspecified atom stereocenters. The van der Waals surface area contributed by atoms with Crippen molar-refractivity contribution >= 4 is 11.8 Å². The van der Waals surface area contributed by atoms with Gasteiger partial charge in [-0.05, 0) is 25.7 Å². The first-order chi connectivity index (χ1) is 9.13. The summed E-state index contributed by atoms with van der Waals surface area (Å²) in [5.41, 5.74) is 5.81. The number of nitrogens with zero attached hydrogens (tertiary/aromatic N) is 1. The van der Waals surface area contributed by atoms with Crippen LogP contribution >= 0.6 is 0 Å². The summed E-state index contributed by atoms with van der Waals surface area (Å²) >= 11 is 0. The minimum Gasteiger partial charge on any atom is -0.354 e. The lowest BCUT2D eigenvalue weighted by Crippen LogP contribution is -2.45. The minimum absolute atomic E-state index is 0.00491. The summed E-state index contributed by atoms with van der Waals surface area (Å²) in [7, 11) is 0. The summed E-state index contributed by atoms with van der Waals surface area (Å²) in [4.78, 5) is 25.2. The Hall–Kier alpha value is -1.14. The highest BCUT2D eigenvalue weighted by Gasteiger charge is 2.23. The van der Waals surface area contributed by atoms with Gasteiger partial charge in [0.05, 0.1) is 6.54 Å². The second-order valence-electron chi connectivity index (χ2n) is 5.56. The number of amides is 2. The number of hydrogen-bond donors (Lipinski definition) is 3. The number of rotatable bonds is 6. The molecule has 1 saturated carbocycles. The normalized spacial score (nSPS) is 21.1. The van der Waals surface area contributed by atoms with E-state index in [-0.39, 0.29) is 17.9 Å². The monoisotopic (exact) mass is 268 g/mol. The fourth-order valence-electron chi connectivity index (χ4n) is 2.21. The van der Waals surface area contributed by atoms with Crippen molar-refractivity contribution in [2.45, 2.75) is 44.2 Å². The predicted molar refractivity (Wildman–Crippen MR) is 72.4 cm³/mol. The van der Waals surface area contributed by atoms with Crippen molar-refractivity contribution in [2.75, 3.05) is 26.2 Å². The van der Waals surface area contributed by atoms with E-state index >= 15 is 0 Å². The van der Waals surface area contributed by atoms with Crippen LogP contribution in [0.25, 0.3) is 0 Å². The van der Waals surface area contributed by atoms with E-state index in [0.717, 1.165) is 38.8 Å². The maximum atomic E-state index is 11.7. The van der Waals surface area contributed by atoms with Crippen LogP contribution in [0, 0.1) is 0 Å². The average molecular weight is 268 g/mol. The Morgan fingerprint density at radius 1 is 1.11 bits per heavy atom. The number of nitrogens with two attached hydrogens (primary N) is 1. The summed E-state index contributed by atoms with van der Waals surface area (Å²) in [5, 5.41) is 5.69. The van der Waals surface area contributed by atoms with E-state index in [1.54, 1.807) is 0 Å². The summed E-state index contributed by atoms with van der Waals surface area (Å²) in [6, 6.07) is 0.672. The molecule has 2 rings (SSSR count). The van der Waals surface area contributed by atoms with Crippen LogP contribution in [-0.4, -0.2) is 55.0 Å². The number of hydrogen-bond acceptors (Lipinski definition) is 4. The van der Waals surface area contributed by atoms with E-state index in [4.69, 9.17) is 5.73 Å². The van der Waals surface area contributed by atoms with Crippen LogP contribution < -0.4 is 16.4 Å². The van der Waals surface area contributed by atoms with Crippen molar-refractivity contribution in [3.63, 3.8) is 0 Å². The second kappa shape index (κ2) is 6.86. The topological polar surface area (TPSA) is 87.5 Å². The maximum Gasteiger partial charge on any atom is 0.234 e. The molecule has 0 radical (unpaired) electrons. The fourth-order valence-corrected chi connectivity index (χ4v) is 2.21. The number of likely N-dealkylation sites (tertiary alicyclic amines) is 1. The van der Waals surface area contributed by atoms with E-state index in [9.17, 15) is 9.59 Å².